The van der Waals surface area contributed by atoms with Gasteiger partial charge in [-0.15, -0.1) is 15.3 Å². The molecule has 8 heteroatoms. The van der Waals surface area contributed by atoms with Crippen molar-refractivity contribution in [1.82, 2.24) is 19.8 Å². The fraction of sp³-hybridized carbons (Fsp3) is 0.353. The van der Waals surface area contributed by atoms with Crippen LogP contribution in [0.1, 0.15) is 31.3 Å². The van der Waals surface area contributed by atoms with Crippen LogP contribution in [0.4, 0.5) is 14.6 Å². The number of hydrogen-bond acceptors (Lipinski definition) is 5. The number of halogens is 2. The van der Waals surface area contributed by atoms with E-state index in [1.807, 2.05) is 19.9 Å². The average Bonchev–Trinajstić information content (AvgIpc) is 3.03. The molecular formula is C17H19F2N5O. The van der Waals surface area contributed by atoms with E-state index in [0.717, 1.165) is 17.8 Å². The molecule has 0 aliphatic heterocycles. The Morgan fingerprint density at radius 3 is 2.80 bits per heavy atom. The minimum atomic E-state index is -0.657. The molecule has 132 valence electrons. The van der Waals surface area contributed by atoms with E-state index in [9.17, 15) is 8.78 Å². The van der Waals surface area contributed by atoms with Crippen LogP contribution in [0.5, 0.6) is 5.75 Å². The van der Waals surface area contributed by atoms with Gasteiger partial charge in [-0.2, -0.15) is 4.52 Å². The molecule has 0 saturated carbocycles. The molecule has 3 aromatic rings. The zero-order valence-electron chi connectivity index (χ0n) is 14.0. The van der Waals surface area contributed by atoms with E-state index in [4.69, 9.17) is 4.74 Å². The van der Waals surface area contributed by atoms with Crippen LogP contribution >= 0.6 is 0 Å². The molecule has 1 N–H and O–H groups in total. The molecule has 0 aliphatic carbocycles. The topological polar surface area (TPSA) is 64.3 Å². The molecule has 0 aliphatic rings. The van der Waals surface area contributed by atoms with Gasteiger partial charge >= 0.3 is 0 Å². The molecule has 0 amide bonds. The number of nitrogens with zero attached hydrogens (tertiary/aromatic N) is 4. The summed E-state index contributed by atoms with van der Waals surface area (Å²) in [6, 6.07) is 8.06. The Morgan fingerprint density at radius 2 is 2.08 bits per heavy atom. The normalized spacial score (nSPS) is 12.3. The Morgan fingerprint density at radius 1 is 1.24 bits per heavy atom. The zero-order chi connectivity index (χ0) is 17.8. The van der Waals surface area contributed by atoms with Crippen molar-refractivity contribution >= 4 is 11.5 Å². The van der Waals surface area contributed by atoms with Crippen LogP contribution in [0.3, 0.4) is 0 Å². The highest BCUT2D eigenvalue weighted by Gasteiger charge is 2.12. The predicted molar refractivity (Wildman–Crippen MR) is 90.1 cm³/mol. The molecule has 1 atom stereocenters. The number of aryl methyl sites for hydroxylation is 1. The molecular weight excluding hydrogens is 328 g/mol. The second kappa shape index (κ2) is 7.42. The van der Waals surface area contributed by atoms with E-state index >= 15 is 0 Å². The van der Waals surface area contributed by atoms with Crippen molar-refractivity contribution in [2.75, 3.05) is 18.6 Å². The third kappa shape index (κ3) is 3.67. The van der Waals surface area contributed by atoms with Crippen LogP contribution in [0.25, 0.3) is 5.65 Å². The lowest BCUT2D eigenvalue weighted by Gasteiger charge is -2.16. The van der Waals surface area contributed by atoms with Gasteiger partial charge in [0.25, 0.3) is 0 Å². The summed E-state index contributed by atoms with van der Waals surface area (Å²) in [6.45, 7) is 3.06. The highest BCUT2D eigenvalue weighted by molar-refractivity contribution is 5.45. The van der Waals surface area contributed by atoms with Gasteiger partial charge in [0.1, 0.15) is 19.1 Å². The summed E-state index contributed by atoms with van der Waals surface area (Å²) in [7, 11) is 0. The van der Waals surface area contributed by atoms with Crippen molar-refractivity contribution in [1.29, 1.82) is 0 Å². The van der Waals surface area contributed by atoms with Gasteiger partial charge in [-0.3, -0.25) is 0 Å². The minimum Gasteiger partial charge on any atom is -0.488 e. The van der Waals surface area contributed by atoms with Gasteiger partial charge < -0.3 is 10.1 Å². The van der Waals surface area contributed by atoms with Crippen molar-refractivity contribution in [3.63, 3.8) is 0 Å². The molecule has 25 heavy (non-hydrogen) atoms. The summed E-state index contributed by atoms with van der Waals surface area (Å²) < 4.78 is 32.8. The Kier molecular flexibility index (Phi) is 5.06. The molecule has 1 aromatic carbocycles. The van der Waals surface area contributed by atoms with Crippen molar-refractivity contribution < 1.29 is 13.5 Å². The first kappa shape index (κ1) is 17.1. The fourth-order valence-corrected chi connectivity index (χ4v) is 2.49. The third-order valence-corrected chi connectivity index (χ3v) is 3.80. The molecule has 6 nitrogen and oxygen atoms in total. The van der Waals surface area contributed by atoms with Gasteiger partial charge in [0.2, 0.25) is 0 Å². The van der Waals surface area contributed by atoms with E-state index < -0.39 is 12.5 Å². The molecule has 2 aromatic heterocycles. The lowest BCUT2D eigenvalue weighted by molar-refractivity contribution is 0.262. The largest absolute Gasteiger partial charge is 0.488 e. The first-order valence-electron chi connectivity index (χ1n) is 8.08. The van der Waals surface area contributed by atoms with Crippen molar-refractivity contribution in [3.05, 3.63) is 47.5 Å². The molecule has 0 saturated heterocycles. The molecule has 3 rings (SSSR count). The van der Waals surface area contributed by atoms with Crippen LogP contribution in [-0.2, 0) is 6.42 Å². The maximum absolute atomic E-state index is 14.0. The lowest BCUT2D eigenvalue weighted by atomic mass is 10.1. The first-order valence-corrected chi connectivity index (χ1v) is 8.08. The minimum absolute atomic E-state index is 0.0465. The second-order valence-electron chi connectivity index (χ2n) is 5.55. The third-order valence-electron chi connectivity index (χ3n) is 3.80. The predicted octanol–water partition coefficient (Wildman–Crippen LogP) is 3.35. The summed E-state index contributed by atoms with van der Waals surface area (Å²) >= 11 is 0. The molecule has 2 heterocycles. The summed E-state index contributed by atoms with van der Waals surface area (Å²) in [5, 5.41) is 15.8. The number of nitrogens with one attached hydrogen (secondary N) is 1. The second-order valence-corrected chi connectivity index (χ2v) is 5.55. The summed E-state index contributed by atoms with van der Waals surface area (Å²) in [6.07, 6.45) is 0.721. The van der Waals surface area contributed by atoms with E-state index in [-0.39, 0.29) is 18.4 Å². The molecule has 0 spiro atoms. The van der Waals surface area contributed by atoms with E-state index in [1.54, 1.807) is 16.6 Å². The number of benzene rings is 1. The number of anilines is 1. The van der Waals surface area contributed by atoms with Gasteiger partial charge in [0.05, 0.1) is 6.04 Å². The molecule has 0 fully saturated rings. The monoisotopic (exact) mass is 347 g/mol. The maximum Gasteiger partial charge on any atom is 0.178 e. The van der Waals surface area contributed by atoms with Crippen LogP contribution in [0, 0.1) is 5.82 Å². The maximum atomic E-state index is 14.0. The average molecular weight is 347 g/mol. The summed E-state index contributed by atoms with van der Waals surface area (Å²) in [4.78, 5) is 0. The quantitative estimate of drug-likeness (QED) is 0.710. The zero-order valence-corrected chi connectivity index (χ0v) is 14.0. The Hall–Kier alpha value is -2.77. The van der Waals surface area contributed by atoms with Crippen LogP contribution in [0.2, 0.25) is 0 Å². The number of aromatic nitrogens is 4. The Bertz CT molecular complexity index is 867. The van der Waals surface area contributed by atoms with Crippen molar-refractivity contribution in [2.45, 2.75) is 26.3 Å². The van der Waals surface area contributed by atoms with Crippen LogP contribution < -0.4 is 10.1 Å². The van der Waals surface area contributed by atoms with Gasteiger partial charge in [-0.25, -0.2) is 8.78 Å². The molecule has 0 unspecified atom stereocenters. The fourth-order valence-electron chi connectivity index (χ4n) is 2.49. The van der Waals surface area contributed by atoms with Crippen LogP contribution in [0.15, 0.2) is 30.3 Å². The number of hydrogen-bond donors (Lipinski definition) is 1. The van der Waals surface area contributed by atoms with Gasteiger partial charge in [0, 0.05) is 6.42 Å². The van der Waals surface area contributed by atoms with Crippen LogP contribution in [-0.4, -0.2) is 33.1 Å². The smallest absolute Gasteiger partial charge is 0.178 e. The van der Waals surface area contributed by atoms with Crippen molar-refractivity contribution in [3.8, 4) is 5.75 Å². The first-order chi connectivity index (χ1) is 12.1. The Labute approximate surface area is 143 Å². The number of fused-ring (bicyclic) bond motifs is 1. The molecule has 0 radical (unpaired) electrons. The Balaban J connectivity index is 1.77. The van der Waals surface area contributed by atoms with Gasteiger partial charge in [-0.05, 0) is 36.8 Å². The number of alkyl halides is 1. The number of ether oxygens (including phenoxy) is 1. The van der Waals surface area contributed by atoms with E-state index in [0.29, 0.717) is 11.5 Å². The summed E-state index contributed by atoms with van der Waals surface area (Å²) in [5.74, 6) is 0.930. The van der Waals surface area contributed by atoms with Gasteiger partial charge in [0.15, 0.2) is 23.0 Å². The highest BCUT2D eigenvalue weighted by atomic mass is 19.1. The molecule has 0 bridgehead atoms. The standard InChI is InChI=1S/C17H19F2N5O/c1-3-16-21-22-17-7-6-15(23-24(16)17)20-11(2)12-4-5-14(13(19)10-12)25-9-8-18/h4-7,10-11H,3,8-9H2,1-2H3,(H,20,23)/t11-/m1/s1. The lowest BCUT2D eigenvalue weighted by Crippen LogP contribution is -2.10. The summed E-state index contributed by atoms with van der Waals surface area (Å²) in [5.41, 5.74) is 1.40. The van der Waals surface area contributed by atoms with Crippen molar-refractivity contribution in [2.24, 2.45) is 0 Å². The van der Waals surface area contributed by atoms with Gasteiger partial charge in [-0.1, -0.05) is 13.0 Å². The van der Waals surface area contributed by atoms with E-state index in [1.165, 1.54) is 12.1 Å². The highest BCUT2D eigenvalue weighted by Crippen LogP contribution is 2.24. The number of rotatable bonds is 7. The SMILES string of the molecule is CCc1nnc2ccc(N[C@H](C)c3ccc(OCCF)c(F)c3)nn12. The van der Waals surface area contributed by atoms with E-state index in [2.05, 4.69) is 20.6 Å².